The number of halogens is 2. The number of thiol groups is 1. The summed E-state index contributed by atoms with van der Waals surface area (Å²) in [6.45, 7) is 0. The number of nitrogens with zero attached hydrogens (tertiary/aromatic N) is 2. The lowest BCUT2D eigenvalue weighted by Crippen LogP contribution is -1.94. The van der Waals surface area contributed by atoms with E-state index in [4.69, 9.17) is 0 Å². The summed E-state index contributed by atoms with van der Waals surface area (Å²) in [4.78, 5) is 22.1. The summed E-state index contributed by atoms with van der Waals surface area (Å²) in [6, 6.07) is 9.46. The predicted octanol–water partition coefficient (Wildman–Crippen LogP) is 4.91. The van der Waals surface area contributed by atoms with Crippen molar-refractivity contribution >= 4 is 64.8 Å². The molecular weight excluding hydrogens is 460 g/mol. The monoisotopic (exact) mass is 465 g/mol. The van der Waals surface area contributed by atoms with Crippen LogP contribution in [0.3, 0.4) is 0 Å². The molecule has 0 saturated carbocycles. The number of nitro groups is 2. The molecule has 2 aromatic rings. The van der Waals surface area contributed by atoms with Crippen LogP contribution in [0.25, 0.3) is 0 Å². The van der Waals surface area contributed by atoms with Crippen LogP contribution in [0, 0.1) is 20.2 Å². The van der Waals surface area contributed by atoms with Gasteiger partial charge in [0.2, 0.25) is 4.90 Å². The van der Waals surface area contributed by atoms with E-state index >= 15 is 0 Å². The first-order valence-corrected chi connectivity index (χ1v) is 9.54. The highest BCUT2D eigenvalue weighted by Gasteiger charge is 2.25. The van der Waals surface area contributed by atoms with E-state index in [0.29, 0.717) is 29.5 Å². The lowest BCUT2D eigenvalue weighted by Gasteiger charge is -1.99. The first-order valence-electron chi connectivity index (χ1n) is 5.64. The summed E-state index contributed by atoms with van der Waals surface area (Å²) < 4.78 is 1.22. The van der Waals surface area contributed by atoms with E-state index in [1.54, 1.807) is 24.3 Å². The molecule has 0 unspecified atom stereocenters. The van der Waals surface area contributed by atoms with Gasteiger partial charge in [-0.1, -0.05) is 31.9 Å². The van der Waals surface area contributed by atoms with E-state index in [2.05, 4.69) is 31.9 Å². The van der Waals surface area contributed by atoms with E-state index in [1.165, 1.54) is 12.1 Å². The Labute approximate surface area is 149 Å². The molecule has 2 aromatic carbocycles. The van der Waals surface area contributed by atoms with Crippen molar-refractivity contribution in [3.8, 4) is 0 Å². The minimum Gasteiger partial charge on any atom is -0.258 e. The molecular formula is C12H7Br2N2O4S2+. The normalized spacial score (nSPS) is 10.5. The van der Waals surface area contributed by atoms with Crippen molar-refractivity contribution in [1.29, 1.82) is 0 Å². The zero-order valence-corrected chi connectivity index (χ0v) is 15.5. The molecule has 0 bridgehead atoms. The third-order valence-corrected chi connectivity index (χ3v) is 6.14. The Kier molecular flexibility index (Phi) is 5.84. The van der Waals surface area contributed by atoms with Gasteiger partial charge in [0.25, 0.3) is 5.69 Å². The highest BCUT2D eigenvalue weighted by atomic mass is 79.9. The van der Waals surface area contributed by atoms with Crippen molar-refractivity contribution in [3.63, 3.8) is 0 Å². The largest absolute Gasteiger partial charge is 0.325 e. The SMILES string of the molecule is O=[N+]([O-])c1cc(Br)ccc1S[SH+]c1ccc(Br)cc1[N+](=O)[O-]. The molecule has 0 aliphatic carbocycles. The van der Waals surface area contributed by atoms with Crippen molar-refractivity contribution < 1.29 is 9.85 Å². The fourth-order valence-electron chi connectivity index (χ4n) is 1.53. The second kappa shape index (κ2) is 7.44. The molecule has 22 heavy (non-hydrogen) atoms. The molecule has 0 aliphatic heterocycles. The van der Waals surface area contributed by atoms with E-state index in [9.17, 15) is 20.2 Å². The number of hydrogen-bond acceptors (Lipinski definition) is 5. The van der Waals surface area contributed by atoms with Crippen LogP contribution in [0.2, 0.25) is 0 Å². The van der Waals surface area contributed by atoms with Crippen molar-refractivity contribution in [1.82, 2.24) is 0 Å². The van der Waals surface area contributed by atoms with Crippen LogP contribution in [0.5, 0.6) is 0 Å². The molecule has 0 heterocycles. The molecule has 0 amide bonds. The lowest BCUT2D eigenvalue weighted by molar-refractivity contribution is -0.388. The van der Waals surface area contributed by atoms with Crippen molar-refractivity contribution in [2.45, 2.75) is 9.79 Å². The summed E-state index contributed by atoms with van der Waals surface area (Å²) >= 11 is 6.38. The van der Waals surface area contributed by atoms with Gasteiger partial charge < -0.3 is 0 Å². The summed E-state index contributed by atoms with van der Waals surface area (Å²) in [7, 11) is 1.71. The maximum absolute atomic E-state index is 11.1. The van der Waals surface area contributed by atoms with Crippen molar-refractivity contribution in [2.24, 2.45) is 0 Å². The second-order valence-electron chi connectivity index (χ2n) is 3.94. The molecule has 0 N–H and O–H groups in total. The Hall–Kier alpha value is -1.10. The van der Waals surface area contributed by atoms with Gasteiger partial charge in [-0.3, -0.25) is 20.2 Å². The standard InChI is InChI=1S/C12H6Br2N2O4S2/c13-7-1-3-11(9(5-7)15(17)18)21-22-12-4-2-8(14)6-10(12)16(19)20/h1-6H/p+1. The Morgan fingerprint density at radius 3 is 2.05 bits per heavy atom. The lowest BCUT2D eigenvalue weighted by atomic mass is 10.3. The Morgan fingerprint density at radius 1 is 0.909 bits per heavy atom. The van der Waals surface area contributed by atoms with Crippen LogP contribution >= 0.6 is 42.7 Å². The van der Waals surface area contributed by atoms with Gasteiger partial charge in [0, 0.05) is 27.1 Å². The number of rotatable bonds is 5. The van der Waals surface area contributed by atoms with Crippen molar-refractivity contribution in [2.75, 3.05) is 0 Å². The van der Waals surface area contributed by atoms with Gasteiger partial charge in [-0.05, 0) is 18.2 Å². The zero-order chi connectivity index (χ0) is 16.3. The zero-order valence-electron chi connectivity index (χ0n) is 10.6. The van der Waals surface area contributed by atoms with Crippen LogP contribution < -0.4 is 0 Å². The minimum atomic E-state index is -0.474. The topological polar surface area (TPSA) is 86.3 Å². The third kappa shape index (κ3) is 4.22. The van der Waals surface area contributed by atoms with Crippen LogP contribution in [0.15, 0.2) is 55.1 Å². The number of benzene rings is 2. The van der Waals surface area contributed by atoms with Crippen LogP contribution in [0.1, 0.15) is 0 Å². The first kappa shape index (κ1) is 17.3. The fourth-order valence-corrected chi connectivity index (χ4v) is 4.67. The fraction of sp³-hybridized carbons (Fsp3) is 0. The van der Waals surface area contributed by atoms with E-state index in [1.807, 2.05) is 0 Å². The van der Waals surface area contributed by atoms with Gasteiger partial charge in [0.05, 0.1) is 20.6 Å². The van der Waals surface area contributed by atoms with Gasteiger partial charge in [0.1, 0.15) is 15.7 Å². The van der Waals surface area contributed by atoms with E-state index in [0.717, 1.165) is 10.8 Å². The van der Waals surface area contributed by atoms with E-state index < -0.39 is 9.85 Å². The average molecular weight is 467 g/mol. The Bertz CT molecular complexity index is 694. The maximum Gasteiger partial charge on any atom is 0.325 e. The van der Waals surface area contributed by atoms with E-state index in [-0.39, 0.29) is 11.4 Å². The minimum absolute atomic E-state index is 0.0247. The molecule has 0 aliphatic rings. The first-order chi connectivity index (χ1) is 10.4. The Balaban J connectivity index is 2.28. The van der Waals surface area contributed by atoms with Gasteiger partial charge in [-0.15, -0.1) is 0 Å². The summed E-state index contributed by atoms with van der Waals surface area (Å²) in [5.41, 5.74) is -0.0602. The molecule has 0 fully saturated rings. The quantitative estimate of drug-likeness (QED) is 0.205. The highest BCUT2D eigenvalue weighted by Crippen LogP contribution is 2.36. The van der Waals surface area contributed by atoms with Crippen LogP contribution in [0.4, 0.5) is 11.4 Å². The molecule has 0 saturated heterocycles. The molecule has 0 aromatic heterocycles. The average Bonchev–Trinajstić information content (AvgIpc) is 2.46. The third-order valence-electron chi connectivity index (χ3n) is 2.49. The summed E-state index contributed by atoms with van der Waals surface area (Å²) in [5.74, 6) is 0. The van der Waals surface area contributed by atoms with Crippen LogP contribution in [-0.2, 0) is 10.8 Å². The van der Waals surface area contributed by atoms with Gasteiger partial charge in [-0.25, -0.2) is 0 Å². The number of nitro benzene ring substituents is 2. The summed E-state index contributed by atoms with van der Waals surface area (Å²) in [6.07, 6.45) is 0. The molecule has 0 spiro atoms. The molecule has 6 nitrogen and oxygen atoms in total. The van der Waals surface area contributed by atoms with Crippen LogP contribution in [-0.4, -0.2) is 9.85 Å². The smallest absolute Gasteiger partial charge is 0.258 e. The Morgan fingerprint density at radius 2 is 1.45 bits per heavy atom. The predicted molar refractivity (Wildman–Crippen MR) is 94.5 cm³/mol. The second-order valence-corrected chi connectivity index (χ2v) is 8.16. The van der Waals surface area contributed by atoms with Crippen molar-refractivity contribution in [3.05, 3.63) is 65.6 Å². The molecule has 0 radical (unpaired) electrons. The molecule has 114 valence electrons. The maximum atomic E-state index is 11.1. The number of hydrogen-bond donors (Lipinski definition) is 0. The molecule has 10 heteroatoms. The highest BCUT2D eigenvalue weighted by molar-refractivity contribution is 9.10. The van der Waals surface area contributed by atoms with Gasteiger partial charge >= 0.3 is 5.69 Å². The van der Waals surface area contributed by atoms with Gasteiger partial charge in [0.15, 0.2) is 0 Å². The summed E-state index contributed by atoms with van der Waals surface area (Å²) in [5, 5.41) is 22.1. The molecule has 2 rings (SSSR count). The molecule has 0 atom stereocenters. The van der Waals surface area contributed by atoms with Gasteiger partial charge in [-0.2, -0.15) is 0 Å².